The van der Waals surface area contributed by atoms with Gasteiger partial charge in [0.1, 0.15) is 0 Å². The maximum Gasteiger partial charge on any atom is 0.00480 e. The highest BCUT2D eigenvalue weighted by Crippen LogP contribution is 2.16. The third-order valence-corrected chi connectivity index (χ3v) is 2.96. The number of hydrogen-bond donors (Lipinski definition) is 1. The molecule has 1 aromatic rings. The topological polar surface area (TPSA) is 12.0 Å². The van der Waals surface area contributed by atoms with E-state index in [0.717, 1.165) is 6.54 Å². The summed E-state index contributed by atoms with van der Waals surface area (Å²) < 4.78 is 0. The molecule has 68 valence electrons. The minimum Gasteiger partial charge on any atom is -0.320 e. The van der Waals surface area contributed by atoms with Crippen molar-refractivity contribution in [1.82, 2.24) is 5.32 Å². The van der Waals surface area contributed by atoms with Crippen LogP contribution in [-0.2, 0) is 6.42 Å². The fourth-order valence-electron chi connectivity index (χ4n) is 1.22. The Kier molecular flexibility index (Phi) is 4.33. The fourth-order valence-corrected chi connectivity index (χ4v) is 2.15. The number of unbranched alkanes of at least 4 members (excludes halogenated alkanes) is 1. The van der Waals surface area contributed by atoms with Crippen LogP contribution in [0.3, 0.4) is 0 Å². The molecule has 1 heterocycles. The second-order valence-electron chi connectivity index (χ2n) is 3.07. The van der Waals surface area contributed by atoms with Gasteiger partial charge in [0.25, 0.3) is 0 Å². The van der Waals surface area contributed by atoms with Crippen molar-refractivity contribution >= 4 is 11.3 Å². The average molecular weight is 183 g/mol. The molecule has 0 aliphatic heterocycles. The summed E-state index contributed by atoms with van der Waals surface area (Å²) in [6.07, 6.45) is 3.84. The van der Waals surface area contributed by atoms with Gasteiger partial charge in [-0.15, -0.1) is 11.3 Å². The van der Waals surface area contributed by atoms with Crippen LogP contribution in [0, 0.1) is 6.92 Å². The third-order valence-electron chi connectivity index (χ3n) is 1.90. The summed E-state index contributed by atoms with van der Waals surface area (Å²) in [4.78, 5) is 2.96. The van der Waals surface area contributed by atoms with Crippen molar-refractivity contribution in [2.24, 2.45) is 0 Å². The van der Waals surface area contributed by atoms with E-state index in [1.165, 1.54) is 29.0 Å². The highest BCUT2D eigenvalue weighted by molar-refractivity contribution is 7.11. The van der Waals surface area contributed by atoms with Crippen LogP contribution in [-0.4, -0.2) is 13.6 Å². The Bertz CT molecular complexity index is 217. The lowest BCUT2D eigenvalue weighted by atomic mass is 10.2. The average Bonchev–Trinajstić information content (AvgIpc) is 2.45. The van der Waals surface area contributed by atoms with E-state index in [0.29, 0.717) is 0 Å². The summed E-state index contributed by atoms with van der Waals surface area (Å²) >= 11 is 1.93. The van der Waals surface area contributed by atoms with E-state index in [4.69, 9.17) is 0 Å². The molecule has 0 radical (unpaired) electrons. The Labute approximate surface area is 78.8 Å². The van der Waals surface area contributed by atoms with Crippen molar-refractivity contribution in [3.8, 4) is 0 Å². The van der Waals surface area contributed by atoms with Crippen molar-refractivity contribution in [3.05, 3.63) is 21.9 Å². The maximum absolute atomic E-state index is 3.16. The predicted octanol–water partition coefficient (Wildman–Crippen LogP) is 2.60. The molecule has 0 aliphatic carbocycles. The van der Waals surface area contributed by atoms with Crippen molar-refractivity contribution in [3.63, 3.8) is 0 Å². The fraction of sp³-hybridized carbons (Fsp3) is 0.600. The summed E-state index contributed by atoms with van der Waals surface area (Å²) in [5.41, 5.74) is 0. The summed E-state index contributed by atoms with van der Waals surface area (Å²) in [5, 5.41) is 3.16. The van der Waals surface area contributed by atoms with E-state index in [-0.39, 0.29) is 0 Å². The molecule has 0 amide bonds. The van der Waals surface area contributed by atoms with Gasteiger partial charge in [-0.05, 0) is 51.9 Å². The van der Waals surface area contributed by atoms with Gasteiger partial charge >= 0.3 is 0 Å². The molecule has 0 spiro atoms. The van der Waals surface area contributed by atoms with Crippen LogP contribution in [0.1, 0.15) is 22.6 Å². The van der Waals surface area contributed by atoms with Crippen molar-refractivity contribution < 1.29 is 0 Å². The molecule has 1 rings (SSSR count). The third kappa shape index (κ3) is 3.37. The van der Waals surface area contributed by atoms with Gasteiger partial charge in [0, 0.05) is 9.75 Å². The Balaban J connectivity index is 2.15. The molecular formula is C10H17NS. The molecular weight excluding hydrogens is 166 g/mol. The van der Waals surface area contributed by atoms with Crippen molar-refractivity contribution in [2.75, 3.05) is 13.6 Å². The van der Waals surface area contributed by atoms with Gasteiger partial charge < -0.3 is 5.32 Å². The second kappa shape index (κ2) is 5.33. The maximum atomic E-state index is 3.16. The minimum absolute atomic E-state index is 1.14. The zero-order valence-corrected chi connectivity index (χ0v) is 8.71. The zero-order valence-electron chi connectivity index (χ0n) is 7.89. The molecule has 0 aliphatic rings. The highest BCUT2D eigenvalue weighted by Gasteiger charge is 1.95. The van der Waals surface area contributed by atoms with Crippen LogP contribution >= 0.6 is 11.3 Å². The highest BCUT2D eigenvalue weighted by atomic mass is 32.1. The second-order valence-corrected chi connectivity index (χ2v) is 4.45. The van der Waals surface area contributed by atoms with Gasteiger partial charge in [0.05, 0.1) is 0 Å². The van der Waals surface area contributed by atoms with E-state index in [1.807, 2.05) is 18.4 Å². The first-order chi connectivity index (χ1) is 5.83. The standard InChI is InChI=1S/C10H17NS/c1-9-6-7-10(12-9)5-3-4-8-11-2/h6-7,11H,3-5,8H2,1-2H3. The van der Waals surface area contributed by atoms with E-state index in [1.54, 1.807) is 0 Å². The monoisotopic (exact) mass is 183 g/mol. The van der Waals surface area contributed by atoms with E-state index >= 15 is 0 Å². The first-order valence-electron chi connectivity index (χ1n) is 4.53. The van der Waals surface area contributed by atoms with Crippen LogP contribution in [0.5, 0.6) is 0 Å². The van der Waals surface area contributed by atoms with Crippen LogP contribution < -0.4 is 5.32 Å². The molecule has 12 heavy (non-hydrogen) atoms. The molecule has 0 aromatic carbocycles. The normalized spacial score (nSPS) is 10.5. The van der Waals surface area contributed by atoms with Crippen LogP contribution in [0.25, 0.3) is 0 Å². The molecule has 1 nitrogen and oxygen atoms in total. The summed E-state index contributed by atoms with van der Waals surface area (Å²) in [5.74, 6) is 0. The Hall–Kier alpha value is -0.340. The Morgan fingerprint density at radius 1 is 1.33 bits per heavy atom. The lowest BCUT2D eigenvalue weighted by Gasteiger charge is -1.97. The molecule has 0 fully saturated rings. The number of aryl methyl sites for hydroxylation is 2. The largest absolute Gasteiger partial charge is 0.320 e. The first-order valence-corrected chi connectivity index (χ1v) is 5.34. The smallest absolute Gasteiger partial charge is 0.00480 e. The van der Waals surface area contributed by atoms with Gasteiger partial charge in [-0.2, -0.15) is 0 Å². The van der Waals surface area contributed by atoms with Gasteiger partial charge in [0.15, 0.2) is 0 Å². The SMILES string of the molecule is CNCCCCc1ccc(C)s1. The first kappa shape index (κ1) is 9.75. The van der Waals surface area contributed by atoms with E-state index < -0.39 is 0 Å². The molecule has 0 unspecified atom stereocenters. The molecule has 0 saturated heterocycles. The van der Waals surface area contributed by atoms with Crippen LogP contribution in [0.15, 0.2) is 12.1 Å². The quantitative estimate of drug-likeness (QED) is 0.692. The van der Waals surface area contributed by atoms with Gasteiger partial charge in [-0.1, -0.05) is 0 Å². The van der Waals surface area contributed by atoms with Gasteiger partial charge in [-0.3, -0.25) is 0 Å². The molecule has 2 heteroatoms. The number of thiophene rings is 1. The Morgan fingerprint density at radius 2 is 2.17 bits per heavy atom. The number of nitrogens with one attached hydrogen (secondary N) is 1. The molecule has 0 saturated carbocycles. The van der Waals surface area contributed by atoms with E-state index in [9.17, 15) is 0 Å². The predicted molar refractivity (Wildman–Crippen MR) is 55.9 cm³/mol. The van der Waals surface area contributed by atoms with Crippen molar-refractivity contribution in [2.45, 2.75) is 26.2 Å². The van der Waals surface area contributed by atoms with Gasteiger partial charge in [-0.25, -0.2) is 0 Å². The summed E-state index contributed by atoms with van der Waals surface area (Å²) in [6.45, 7) is 3.31. The number of rotatable bonds is 5. The summed E-state index contributed by atoms with van der Waals surface area (Å²) in [6, 6.07) is 4.46. The molecule has 0 atom stereocenters. The molecule has 1 N–H and O–H groups in total. The molecule has 1 aromatic heterocycles. The lowest BCUT2D eigenvalue weighted by molar-refractivity contribution is 0.680. The van der Waals surface area contributed by atoms with Crippen LogP contribution in [0.2, 0.25) is 0 Å². The van der Waals surface area contributed by atoms with Crippen LogP contribution in [0.4, 0.5) is 0 Å². The van der Waals surface area contributed by atoms with E-state index in [2.05, 4.69) is 24.4 Å². The van der Waals surface area contributed by atoms with Crippen molar-refractivity contribution in [1.29, 1.82) is 0 Å². The minimum atomic E-state index is 1.14. The van der Waals surface area contributed by atoms with Gasteiger partial charge in [0.2, 0.25) is 0 Å². The zero-order chi connectivity index (χ0) is 8.81. The lowest BCUT2D eigenvalue weighted by Crippen LogP contribution is -2.07. The molecule has 0 bridgehead atoms. The summed E-state index contributed by atoms with van der Waals surface area (Å²) in [7, 11) is 2.01. The Morgan fingerprint density at radius 3 is 2.75 bits per heavy atom. The number of hydrogen-bond acceptors (Lipinski definition) is 2.